The topological polar surface area (TPSA) is 68.6 Å². The summed E-state index contributed by atoms with van der Waals surface area (Å²) in [5.74, 6) is -0.710. The molecule has 3 aromatic rings. The van der Waals surface area contributed by atoms with Gasteiger partial charge in [-0.15, -0.1) is 4.91 Å². The van der Waals surface area contributed by atoms with Crippen LogP contribution in [0.25, 0.3) is 11.3 Å². The summed E-state index contributed by atoms with van der Waals surface area (Å²) < 4.78 is 5.25. The fourth-order valence-electron chi connectivity index (χ4n) is 2.31. The maximum Gasteiger partial charge on any atom is 0.364 e. The Bertz CT molecular complexity index is 1030. The van der Waals surface area contributed by atoms with E-state index in [0.29, 0.717) is 21.3 Å². The zero-order chi connectivity index (χ0) is 19.6. The number of carbonyl (C=O) groups is 1. The molecule has 0 saturated carbocycles. The molecule has 2 aromatic carbocycles. The highest BCUT2D eigenvalue weighted by Crippen LogP contribution is 2.32. The standard InChI is InChI=1S/C19H11Cl3N2O3/c1-10-13(21)8-11(9-14(10)22)15-6-7-16(24-26)18(23-15)19(25)27-17-5-3-2-4-12(17)20/h2-9H,1H3. The van der Waals surface area contributed by atoms with Gasteiger partial charge in [-0.25, -0.2) is 9.78 Å². The smallest absolute Gasteiger partial charge is 0.364 e. The number of esters is 1. The van der Waals surface area contributed by atoms with Crippen LogP contribution in [-0.2, 0) is 0 Å². The van der Waals surface area contributed by atoms with Gasteiger partial charge in [0.1, 0.15) is 11.4 Å². The van der Waals surface area contributed by atoms with Crippen molar-refractivity contribution in [3.05, 3.63) is 79.8 Å². The van der Waals surface area contributed by atoms with Crippen molar-refractivity contribution < 1.29 is 9.53 Å². The molecule has 8 heteroatoms. The summed E-state index contributed by atoms with van der Waals surface area (Å²) in [5, 5.41) is 4.00. The summed E-state index contributed by atoms with van der Waals surface area (Å²) in [5.41, 5.74) is 1.30. The van der Waals surface area contributed by atoms with Crippen LogP contribution in [0.2, 0.25) is 15.1 Å². The maximum atomic E-state index is 12.5. The Hall–Kier alpha value is -2.47. The highest BCUT2D eigenvalue weighted by atomic mass is 35.5. The molecule has 0 unspecified atom stereocenters. The zero-order valence-corrected chi connectivity index (χ0v) is 16.1. The third-order valence-electron chi connectivity index (χ3n) is 3.78. The van der Waals surface area contributed by atoms with Crippen LogP contribution in [0.5, 0.6) is 5.75 Å². The van der Waals surface area contributed by atoms with Crippen LogP contribution >= 0.6 is 34.8 Å². The highest BCUT2D eigenvalue weighted by molar-refractivity contribution is 6.36. The van der Waals surface area contributed by atoms with Gasteiger partial charge in [0.25, 0.3) is 0 Å². The fourth-order valence-corrected chi connectivity index (χ4v) is 2.97. The Kier molecular flexibility index (Phi) is 5.75. The molecule has 5 nitrogen and oxygen atoms in total. The number of hydrogen-bond donors (Lipinski definition) is 0. The van der Waals surface area contributed by atoms with Gasteiger partial charge < -0.3 is 4.74 Å². The lowest BCUT2D eigenvalue weighted by atomic mass is 10.1. The summed E-state index contributed by atoms with van der Waals surface area (Å²) in [6.07, 6.45) is 0. The van der Waals surface area contributed by atoms with Gasteiger partial charge in [0.05, 0.1) is 10.7 Å². The normalized spacial score (nSPS) is 10.5. The summed E-state index contributed by atoms with van der Waals surface area (Å²) in [6.45, 7) is 1.79. The first-order valence-electron chi connectivity index (χ1n) is 7.68. The molecule has 136 valence electrons. The molecule has 0 spiro atoms. The van der Waals surface area contributed by atoms with E-state index in [0.717, 1.165) is 5.56 Å². The van der Waals surface area contributed by atoms with Crippen molar-refractivity contribution in [3.63, 3.8) is 0 Å². The van der Waals surface area contributed by atoms with E-state index in [4.69, 9.17) is 39.5 Å². The van der Waals surface area contributed by atoms with E-state index in [2.05, 4.69) is 10.2 Å². The number of nitroso groups, excluding NO2 is 1. The number of carbonyl (C=O) groups excluding carboxylic acids is 1. The lowest BCUT2D eigenvalue weighted by Gasteiger charge is -2.10. The molecule has 0 saturated heterocycles. The molecule has 0 N–H and O–H groups in total. The van der Waals surface area contributed by atoms with Crippen LogP contribution in [0.1, 0.15) is 16.1 Å². The molecular weight excluding hydrogens is 411 g/mol. The SMILES string of the molecule is Cc1c(Cl)cc(-c2ccc(N=O)c(C(=O)Oc3ccccc3Cl)n2)cc1Cl. The average molecular weight is 422 g/mol. The maximum absolute atomic E-state index is 12.5. The minimum absolute atomic E-state index is 0.148. The number of aromatic nitrogens is 1. The fraction of sp³-hybridized carbons (Fsp3) is 0.0526. The van der Waals surface area contributed by atoms with Crippen molar-refractivity contribution in [1.82, 2.24) is 4.98 Å². The Morgan fingerprint density at radius 1 is 1.00 bits per heavy atom. The van der Waals surface area contributed by atoms with Gasteiger partial charge in [-0.3, -0.25) is 0 Å². The molecule has 0 aliphatic heterocycles. The van der Waals surface area contributed by atoms with Crippen LogP contribution < -0.4 is 4.74 Å². The zero-order valence-electron chi connectivity index (χ0n) is 13.9. The largest absolute Gasteiger partial charge is 0.420 e. The van der Waals surface area contributed by atoms with Crippen LogP contribution in [-0.4, -0.2) is 11.0 Å². The van der Waals surface area contributed by atoms with Gasteiger partial charge in [-0.05, 0) is 54.1 Å². The second kappa shape index (κ2) is 8.05. The first-order chi connectivity index (χ1) is 12.9. The Labute approximate surface area is 169 Å². The Balaban J connectivity index is 2.03. The molecule has 0 aliphatic carbocycles. The number of ether oxygens (including phenoxy) is 1. The molecule has 1 aromatic heterocycles. The minimum Gasteiger partial charge on any atom is -0.420 e. The lowest BCUT2D eigenvalue weighted by Crippen LogP contribution is -2.11. The molecule has 0 atom stereocenters. The first-order valence-corrected chi connectivity index (χ1v) is 8.81. The Morgan fingerprint density at radius 3 is 2.30 bits per heavy atom. The quantitative estimate of drug-likeness (QED) is 0.269. The predicted octanol–water partition coefficient (Wildman–Crippen LogP) is 6.63. The van der Waals surface area contributed by atoms with Crippen LogP contribution in [0, 0.1) is 11.8 Å². The molecule has 1 heterocycles. The highest BCUT2D eigenvalue weighted by Gasteiger charge is 2.20. The van der Waals surface area contributed by atoms with Crippen molar-refractivity contribution in [2.24, 2.45) is 5.18 Å². The van der Waals surface area contributed by atoms with E-state index in [1.165, 1.54) is 12.1 Å². The van der Waals surface area contributed by atoms with Crippen molar-refractivity contribution >= 4 is 46.5 Å². The molecule has 3 rings (SSSR count). The van der Waals surface area contributed by atoms with Gasteiger partial charge in [-0.1, -0.05) is 46.9 Å². The number of rotatable bonds is 4. The predicted molar refractivity (Wildman–Crippen MR) is 106 cm³/mol. The van der Waals surface area contributed by atoms with Crippen molar-refractivity contribution in [3.8, 4) is 17.0 Å². The number of para-hydroxylation sites is 1. The molecule has 0 aliphatic rings. The van der Waals surface area contributed by atoms with Gasteiger partial charge in [0, 0.05) is 15.6 Å². The van der Waals surface area contributed by atoms with E-state index in [1.807, 2.05) is 0 Å². The van der Waals surface area contributed by atoms with Gasteiger partial charge in [-0.2, -0.15) is 0 Å². The van der Waals surface area contributed by atoms with E-state index >= 15 is 0 Å². The van der Waals surface area contributed by atoms with Gasteiger partial charge in [0.2, 0.25) is 0 Å². The number of pyridine rings is 1. The van der Waals surface area contributed by atoms with Gasteiger partial charge in [0.15, 0.2) is 5.69 Å². The first kappa shape index (κ1) is 19.3. The number of halogens is 3. The number of nitrogens with zero attached hydrogens (tertiary/aromatic N) is 2. The number of benzene rings is 2. The van der Waals surface area contributed by atoms with Crippen molar-refractivity contribution in [2.45, 2.75) is 6.92 Å². The molecule has 0 fully saturated rings. The van der Waals surface area contributed by atoms with Crippen LogP contribution in [0.4, 0.5) is 5.69 Å². The summed E-state index contributed by atoms with van der Waals surface area (Å²) in [6, 6.07) is 12.7. The van der Waals surface area contributed by atoms with E-state index in [-0.39, 0.29) is 22.2 Å². The van der Waals surface area contributed by atoms with E-state index < -0.39 is 5.97 Å². The van der Waals surface area contributed by atoms with E-state index in [1.54, 1.807) is 43.3 Å². The van der Waals surface area contributed by atoms with Crippen molar-refractivity contribution in [1.29, 1.82) is 0 Å². The minimum atomic E-state index is -0.858. The second-order valence-electron chi connectivity index (χ2n) is 5.54. The molecule has 0 radical (unpaired) electrons. The summed E-state index contributed by atoms with van der Waals surface area (Å²) >= 11 is 18.3. The second-order valence-corrected chi connectivity index (χ2v) is 6.76. The van der Waals surface area contributed by atoms with E-state index in [9.17, 15) is 9.70 Å². The van der Waals surface area contributed by atoms with Crippen LogP contribution in [0.3, 0.4) is 0 Å². The molecule has 0 bridgehead atoms. The third kappa shape index (κ3) is 4.11. The average Bonchev–Trinajstić information content (AvgIpc) is 2.67. The number of hydrogen-bond acceptors (Lipinski definition) is 5. The third-order valence-corrected chi connectivity index (χ3v) is 4.88. The molecule has 0 amide bonds. The Morgan fingerprint density at radius 2 is 1.67 bits per heavy atom. The molecular formula is C19H11Cl3N2O3. The lowest BCUT2D eigenvalue weighted by molar-refractivity contribution is 0.0730. The van der Waals surface area contributed by atoms with Crippen molar-refractivity contribution in [2.75, 3.05) is 0 Å². The van der Waals surface area contributed by atoms with Gasteiger partial charge >= 0.3 is 5.97 Å². The van der Waals surface area contributed by atoms with Crippen LogP contribution in [0.15, 0.2) is 53.7 Å². The molecule has 27 heavy (non-hydrogen) atoms. The summed E-state index contributed by atoms with van der Waals surface area (Å²) in [7, 11) is 0. The summed E-state index contributed by atoms with van der Waals surface area (Å²) in [4.78, 5) is 27.8. The monoisotopic (exact) mass is 420 g/mol.